The van der Waals surface area contributed by atoms with Gasteiger partial charge in [0.15, 0.2) is 0 Å². The van der Waals surface area contributed by atoms with E-state index in [-0.39, 0.29) is 16.5 Å². The lowest BCUT2D eigenvalue weighted by molar-refractivity contribution is -0.384. The molecule has 0 saturated heterocycles. The second-order valence-corrected chi connectivity index (χ2v) is 7.05. The molecule has 0 bridgehead atoms. The summed E-state index contributed by atoms with van der Waals surface area (Å²) in [4.78, 5) is 10.0. The van der Waals surface area contributed by atoms with Crippen molar-refractivity contribution in [1.29, 1.82) is 0 Å². The van der Waals surface area contributed by atoms with E-state index in [4.69, 9.17) is 11.6 Å². The number of halogens is 1. The third kappa shape index (κ3) is 4.16. The molecule has 1 aromatic carbocycles. The Bertz CT molecular complexity index is 614. The number of nitro benzene ring substituents is 1. The monoisotopic (exact) mass is 320 g/mol. The van der Waals surface area contributed by atoms with E-state index in [1.165, 1.54) is 6.07 Å². The number of nitrogens with one attached hydrogen (secondary N) is 1. The van der Waals surface area contributed by atoms with Crippen molar-refractivity contribution in [3.05, 3.63) is 32.8 Å². The molecule has 0 fully saturated rings. The normalized spacial score (nSPS) is 11.8. The molecule has 0 aliphatic heterocycles. The average molecular weight is 321 g/mol. The number of benzene rings is 1. The van der Waals surface area contributed by atoms with Crippen LogP contribution in [-0.2, 0) is 10.0 Å². The van der Waals surface area contributed by atoms with Crippen LogP contribution in [0.2, 0.25) is 5.02 Å². The van der Waals surface area contributed by atoms with Crippen LogP contribution in [0.1, 0.15) is 25.8 Å². The van der Waals surface area contributed by atoms with Gasteiger partial charge in [0.25, 0.3) is 5.69 Å². The number of aryl methyl sites for hydroxylation is 1. The van der Waals surface area contributed by atoms with Crippen LogP contribution in [0.3, 0.4) is 0 Å². The molecule has 1 N–H and O–H groups in total. The van der Waals surface area contributed by atoms with Crippen LogP contribution >= 0.6 is 11.6 Å². The number of nitro groups is 1. The van der Waals surface area contributed by atoms with Crippen molar-refractivity contribution in [2.45, 2.75) is 32.1 Å². The second-order valence-electron chi connectivity index (χ2n) is 4.91. The summed E-state index contributed by atoms with van der Waals surface area (Å²) in [6, 6.07) is 2.28. The lowest BCUT2D eigenvalue weighted by Crippen LogP contribution is -2.26. The molecule has 0 aliphatic rings. The lowest BCUT2D eigenvalue weighted by Gasteiger charge is -2.10. The van der Waals surface area contributed by atoms with Crippen molar-refractivity contribution < 1.29 is 13.3 Å². The molecule has 6 nitrogen and oxygen atoms in total. The van der Waals surface area contributed by atoms with E-state index < -0.39 is 20.6 Å². The third-order valence-electron chi connectivity index (χ3n) is 2.74. The van der Waals surface area contributed by atoms with Crippen molar-refractivity contribution in [2.24, 2.45) is 5.92 Å². The average Bonchev–Trinajstić information content (AvgIpc) is 2.26. The largest absolute Gasteiger partial charge is 0.289 e. The Labute approximate surface area is 123 Å². The van der Waals surface area contributed by atoms with Gasteiger partial charge in [0.2, 0.25) is 10.0 Å². The second kappa shape index (κ2) is 6.51. The predicted molar refractivity (Wildman–Crippen MR) is 77.5 cm³/mol. The molecule has 1 rings (SSSR count). The smallest absolute Gasteiger partial charge is 0.258 e. The highest BCUT2D eigenvalue weighted by atomic mass is 35.5. The number of hydrogen-bond donors (Lipinski definition) is 1. The molecule has 8 heteroatoms. The number of sulfonamides is 1. The molecule has 112 valence electrons. The lowest BCUT2D eigenvalue weighted by atomic mass is 10.1. The van der Waals surface area contributed by atoms with Crippen molar-refractivity contribution in [3.8, 4) is 0 Å². The molecule has 20 heavy (non-hydrogen) atoms. The van der Waals surface area contributed by atoms with Gasteiger partial charge in [-0.25, -0.2) is 13.1 Å². The summed E-state index contributed by atoms with van der Waals surface area (Å²) in [6.45, 7) is 5.79. The van der Waals surface area contributed by atoms with Gasteiger partial charge < -0.3 is 0 Å². The topological polar surface area (TPSA) is 89.3 Å². The Morgan fingerprint density at radius 1 is 1.40 bits per heavy atom. The van der Waals surface area contributed by atoms with Crippen LogP contribution in [-0.4, -0.2) is 19.9 Å². The predicted octanol–water partition coefficient (Wildman–Crippen LogP) is 2.88. The first-order valence-electron chi connectivity index (χ1n) is 6.09. The molecule has 0 amide bonds. The number of nitrogens with zero attached hydrogens (tertiary/aromatic N) is 1. The van der Waals surface area contributed by atoms with Crippen LogP contribution in [0.4, 0.5) is 5.69 Å². The number of hydrogen-bond acceptors (Lipinski definition) is 4. The summed E-state index contributed by atoms with van der Waals surface area (Å²) in [6.07, 6.45) is 0.688. The summed E-state index contributed by atoms with van der Waals surface area (Å²) < 4.78 is 26.7. The van der Waals surface area contributed by atoms with E-state index in [2.05, 4.69) is 4.72 Å². The molecule has 0 unspecified atom stereocenters. The van der Waals surface area contributed by atoms with Crippen LogP contribution < -0.4 is 4.72 Å². The fourth-order valence-electron chi connectivity index (χ4n) is 1.63. The van der Waals surface area contributed by atoms with Gasteiger partial charge in [-0.3, -0.25) is 10.1 Å². The Kier molecular flexibility index (Phi) is 5.50. The third-order valence-corrected chi connectivity index (χ3v) is 4.65. The minimum Gasteiger partial charge on any atom is -0.258 e. The van der Waals surface area contributed by atoms with Gasteiger partial charge in [0.05, 0.1) is 9.82 Å². The SMILES string of the molecule is Cc1cc(Cl)c([N+](=O)[O-])cc1S(=O)(=O)NCCC(C)C. The number of rotatable bonds is 6. The maximum atomic E-state index is 12.1. The molecule has 0 aromatic heterocycles. The molecular formula is C12H17ClN2O4S. The highest BCUT2D eigenvalue weighted by Gasteiger charge is 2.23. The van der Waals surface area contributed by atoms with E-state index in [1.807, 2.05) is 13.8 Å². The van der Waals surface area contributed by atoms with Gasteiger partial charge in [-0.15, -0.1) is 0 Å². The summed E-state index contributed by atoms with van der Waals surface area (Å²) in [5.41, 5.74) is -0.0425. The van der Waals surface area contributed by atoms with Crippen LogP contribution in [0, 0.1) is 23.0 Å². The van der Waals surface area contributed by atoms with E-state index in [0.29, 0.717) is 17.9 Å². The van der Waals surface area contributed by atoms with Gasteiger partial charge in [0.1, 0.15) is 5.02 Å². The summed E-state index contributed by atoms with van der Waals surface area (Å²) in [7, 11) is -3.77. The summed E-state index contributed by atoms with van der Waals surface area (Å²) >= 11 is 5.74. The molecule has 0 aliphatic carbocycles. The Morgan fingerprint density at radius 3 is 2.50 bits per heavy atom. The zero-order valence-electron chi connectivity index (χ0n) is 11.5. The summed E-state index contributed by atoms with van der Waals surface area (Å²) in [5, 5.41) is 10.7. The van der Waals surface area contributed by atoms with Crippen LogP contribution in [0.5, 0.6) is 0 Å². The van der Waals surface area contributed by atoms with Crippen LogP contribution in [0.25, 0.3) is 0 Å². The van der Waals surface area contributed by atoms with E-state index in [9.17, 15) is 18.5 Å². The van der Waals surface area contributed by atoms with Crippen molar-refractivity contribution in [2.75, 3.05) is 6.54 Å². The first-order chi connectivity index (χ1) is 9.15. The minimum absolute atomic E-state index is 0.0753. The fraction of sp³-hybridized carbons (Fsp3) is 0.500. The molecule has 0 spiro atoms. The molecule has 0 atom stereocenters. The van der Waals surface area contributed by atoms with Crippen molar-refractivity contribution >= 4 is 27.3 Å². The van der Waals surface area contributed by atoms with Crippen molar-refractivity contribution in [3.63, 3.8) is 0 Å². The van der Waals surface area contributed by atoms with Gasteiger partial charge in [-0.1, -0.05) is 25.4 Å². The zero-order valence-corrected chi connectivity index (χ0v) is 13.1. The highest BCUT2D eigenvalue weighted by Crippen LogP contribution is 2.30. The van der Waals surface area contributed by atoms with Gasteiger partial charge in [-0.05, 0) is 30.9 Å². The highest BCUT2D eigenvalue weighted by molar-refractivity contribution is 7.89. The first-order valence-corrected chi connectivity index (χ1v) is 7.95. The fourth-order valence-corrected chi connectivity index (χ4v) is 3.21. The molecular weight excluding hydrogens is 304 g/mol. The van der Waals surface area contributed by atoms with E-state index in [0.717, 1.165) is 6.07 Å². The standard InChI is InChI=1S/C12H17ClN2O4S/c1-8(2)4-5-14-20(18,19)12-7-11(15(16)17)10(13)6-9(12)3/h6-8,14H,4-5H2,1-3H3. The Morgan fingerprint density at radius 2 is 2.00 bits per heavy atom. The van der Waals surface area contributed by atoms with Gasteiger partial charge in [0, 0.05) is 12.6 Å². The minimum atomic E-state index is -3.77. The van der Waals surface area contributed by atoms with Crippen LogP contribution in [0.15, 0.2) is 17.0 Å². The quantitative estimate of drug-likeness (QED) is 0.644. The van der Waals surface area contributed by atoms with Gasteiger partial charge in [-0.2, -0.15) is 0 Å². The summed E-state index contributed by atoms with van der Waals surface area (Å²) in [5.74, 6) is 0.360. The zero-order chi connectivity index (χ0) is 15.5. The molecule has 0 heterocycles. The van der Waals surface area contributed by atoms with E-state index in [1.54, 1.807) is 6.92 Å². The molecule has 0 saturated carbocycles. The van der Waals surface area contributed by atoms with Gasteiger partial charge >= 0.3 is 0 Å². The van der Waals surface area contributed by atoms with Crippen molar-refractivity contribution in [1.82, 2.24) is 4.72 Å². The molecule has 0 radical (unpaired) electrons. The maximum Gasteiger partial charge on any atom is 0.289 e. The maximum absolute atomic E-state index is 12.1. The Hall–Kier alpha value is -1.18. The van der Waals surface area contributed by atoms with E-state index >= 15 is 0 Å². The first kappa shape index (κ1) is 16.9. The molecule has 1 aromatic rings. The Balaban J connectivity index is 3.11.